The second-order valence-corrected chi connectivity index (χ2v) is 10.2. The smallest absolute Gasteiger partial charge is 0.208 e. The molecule has 0 radical (unpaired) electrons. The molecule has 0 amide bonds. The average Bonchev–Trinajstić information content (AvgIpc) is 3.79. The van der Waals surface area contributed by atoms with E-state index in [9.17, 15) is 0 Å². The van der Waals surface area contributed by atoms with Crippen LogP contribution >= 0.6 is 23.1 Å². The average molecular weight is 572 g/mol. The molecule has 0 bridgehead atoms. The lowest BCUT2D eigenvalue weighted by Gasteiger charge is -2.00. The Hall–Kier alpha value is -4.49. The Morgan fingerprint density at radius 1 is 0.700 bits per heavy atom. The van der Waals surface area contributed by atoms with Crippen molar-refractivity contribution < 1.29 is 0 Å². The summed E-state index contributed by atoms with van der Waals surface area (Å²) in [7, 11) is 0. The molecule has 11 nitrogen and oxygen atoms in total. The van der Waals surface area contributed by atoms with Gasteiger partial charge in [0.05, 0.1) is 23.5 Å². The normalized spacial score (nSPS) is 10.7. The molecule has 204 valence electrons. The highest BCUT2D eigenvalue weighted by Crippen LogP contribution is 2.27. The fraction of sp³-hybridized carbons (Fsp3) is 0.222. The van der Waals surface area contributed by atoms with Crippen LogP contribution in [-0.2, 0) is 12.8 Å². The predicted octanol–water partition coefficient (Wildman–Crippen LogP) is 6.64. The van der Waals surface area contributed by atoms with Crippen LogP contribution in [-0.4, -0.2) is 44.1 Å². The molecule has 6 rings (SSSR count). The molecule has 0 saturated heterocycles. The second kappa shape index (κ2) is 13.5. The molecule has 40 heavy (non-hydrogen) atoms. The Bertz CT molecular complexity index is 1470. The third kappa shape index (κ3) is 6.93. The van der Waals surface area contributed by atoms with E-state index in [0.717, 1.165) is 75.8 Å². The highest BCUT2D eigenvalue weighted by Gasteiger charge is 2.14. The summed E-state index contributed by atoms with van der Waals surface area (Å²) in [6.07, 6.45) is 9.32. The van der Waals surface area contributed by atoms with Crippen molar-refractivity contribution >= 4 is 44.8 Å². The number of nitrogens with one attached hydrogen (secondary N) is 4. The monoisotopic (exact) mass is 571 g/mol. The number of H-pyrrole nitrogens is 2. The van der Waals surface area contributed by atoms with Crippen LogP contribution in [0.15, 0.2) is 67.1 Å². The molecule has 0 aliphatic heterocycles. The molecule has 4 N–H and O–H groups in total. The van der Waals surface area contributed by atoms with Crippen LogP contribution in [0.2, 0.25) is 0 Å². The van der Waals surface area contributed by atoms with Crippen molar-refractivity contribution in [3.63, 3.8) is 0 Å². The summed E-state index contributed by atoms with van der Waals surface area (Å²) < 4.78 is 8.78. The van der Waals surface area contributed by atoms with Gasteiger partial charge in [-0.1, -0.05) is 51.0 Å². The van der Waals surface area contributed by atoms with Gasteiger partial charge in [0.25, 0.3) is 0 Å². The molecule has 0 fully saturated rings. The van der Waals surface area contributed by atoms with Gasteiger partial charge >= 0.3 is 0 Å². The molecular weight excluding hydrogens is 543 g/mol. The lowest BCUT2D eigenvalue weighted by molar-refractivity contribution is 0.867. The van der Waals surface area contributed by atoms with Crippen LogP contribution in [0, 0.1) is 0 Å². The molecule has 0 spiro atoms. The van der Waals surface area contributed by atoms with Crippen molar-refractivity contribution in [2.45, 2.75) is 39.5 Å². The summed E-state index contributed by atoms with van der Waals surface area (Å²) in [5.74, 6) is 2.19. The zero-order valence-corrected chi connectivity index (χ0v) is 23.8. The summed E-state index contributed by atoms with van der Waals surface area (Å²) in [5, 5.41) is 22.1. The molecule has 13 heteroatoms. The van der Waals surface area contributed by atoms with Gasteiger partial charge in [-0.3, -0.25) is 10.2 Å². The first-order chi connectivity index (χ1) is 19.7. The maximum Gasteiger partial charge on any atom is 0.208 e. The van der Waals surface area contributed by atoms with Gasteiger partial charge in [0.2, 0.25) is 10.3 Å². The molecule has 0 saturated carbocycles. The first-order valence-electron chi connectivity index (χ1n) is 13.0. The Morgan fingerprint density at radius 2 is 1.27 bits per heavy atom. The van der Waals surface area contributed by atoms with Crippen molar-refractivity contribution in [1.29, 1.82) is 0 Å². The minimum absolute atomic E-state index is 0.700. The first-order valence-corrected chi connectivity index (χ1v) is 14.5. The standard InChI is InChI=1S/C14H15N5S.C13H14N6S/c1-2-6-12-11(9-15-18-12)13-17-14(20-19-13)16-10-7-4-3-5-8-10;1-2-5-10-9(8-15-18-10)12-17-13(20-19-12)16-11-6-3-4-7-14-11/h3-5,7-9H,2,6H2,1H3,(H,15,18)(H,16,17,19);3-4,6-8H,2,5H2,1H3,(H,15,18)(H,14,16,17,19). The molecular formula is C27H29N11S2. The maximum absolute atomic E-state index is 4.53. The number of rotatable bonds is 10. The largest absolute Gasteiger partial charge is 0.330 e. The quantitative estimate of drug-likeness (QED) is 0.142. The summed E-state index contributed by atoms with van der Waals surface area (Å²) in [6, 6.07) is 15.6. The van der Waals surface area contributed by atoms with E-state index in [4.69, 9.17) is 0 Å². The Morgan fingerprint density at radius 3 is 1.82 bits per heavy atom. The van der Waals surface area contributed by atoms with E-state index < -0.39 is 0 Å². The van der Waals surface area contributed by atoms with Gasteiger partial charge in [-0.25, -0.2) is 4.98 Å². The van der Waals surface area contributed by atoms with Gasteiger partial charge in [-0.2, -0.15) is 28.9 Å². The number of para-hydroxylation sites is 1. The van der Waals surface area contributed by atoms with Gasteiger partial charge in [0.15, 0.2) is 11.6 Å². The third-order valence-electron chi connectivity index (χ3n) is 5.70. The lowest BCUT2D eigenvalue weighted by Crippen LogP contribution is -1.92. The fourth-order valence-electron chi connectivity index (χ4n) is 3.85. The van der Waals surface area contributed by atoms with E-state index in [1.54, 1.807) is 18.6 Å². The Labute approximate surface area is 239 Å². The number of benzene rings is 1. The van der Waals surface area contributed by atoms with Crippen molar-refractivity contribution in [2.75, 3.05) is 10.6 Å². The fourth-order valence-corrected chi connectivity index (χ4v) is 5.04. The van der Waals surface area contributed by atoms with E-state index in [-0.39, 0.29) is 0 Å². The molecule has 0 atom stereocenters. The summed E-state index contributed by atoms with van der Waals surface area (Å²) in [5.41, 5.74) is 5.14. The van der Waals surface area contributed by atoms with E-state index in [0.29, 0.717) is 5.82 Å². The maximum atomic E-state index is 4.53. The molecule has 0 aliphatic carbocycles. The van der Waals surface area contributed by atoms with Crippen LogP contribution in [0.3, 0.4) is 0 Å². The van der Waals surface area contributed by atoms with Gasteiger partial charge in [0, 0.05) is 46.3 Å². The van der Waals surface area contributed by atoms with Crippen molar-refractivity contribution in [3.8, 4) is 22.8 Å². The summed E-state index contributed by atoms with van der Waals surface area (Å²) >= 11 is 2.67. The number of aromatic amines is 2. The minimum atomic E-state index is 0.700. The zero-order chi connectivity index (χ0) is 27.6. The zero-order valence-electron chi connectivity index (χ0n) is 22.1. The lowest BCUT2D eigenvalue weighted by atomic mass is 10.1. The molecule has 1 aromatic carbocycles. The Balaban J connectivity index is 0.000000161. The number of aryl methyl sites for hydroxylation is 2. The number of aromatic nitrogens is 9. The van der Waals surface area contributed by atoms with E-state index in [1.807, 2.05) is 48.5 Å². The topological polar surface area (TPSA) is 146 Å². The van der Waals surface area contributed by atoms with Crippen LogP contribution in [0.5, 0.6) is 0 Å². The highest BCUT2D eigenvalue weighted by molar-refractivity contribution is 7.10. The van der Waals surface area contributed by atoms with Gasteiger partial charge in [-0.05, 0) is 37.1 Å². The third-order valence-corrected chi connectivity index (χ3v) is 6.96. The van der Waals surface area contributed by atoms with Crippen LogP contribution in [0.4, 0.5) is 21.8 Å². The number of hydrogen-bond acceptors (Lipinski definition) is 11. The minimum Gasteiger partial charge on any atom is -0.330 e. The van der Waals surface area contributed by atoms with Crippen LogP contribution in [0.25, 0.3) is 22.8 Å². The highest BCUT2D eigenvalue weighted by atomic mass is 32.1. The summed E-state index contributed by atoms with van der Waals surface area (Å²) in [6.45, 7) is 4.27. The van der Waals surface area contributed by atoms with Gasteiger partial charge in [-0.15, -0.1) is 0 Å². The summed E-state index contributed by atoms with van der Waals surface area (Å²) in [4.78, 5) is 13.2. The van der Waals surface area contributed by atoms with Gasteiger partial charge in [0.1, 0.15) is 5.82 Å². The first kappa shape index (κ1) is 27.1. The molecule has 5 heterocycles. The van der Waals surface area contributed by atoms with Crippen LogP contribution in [0.1, 0.15) is 38.1 Å². The van der Waals surface area contributed by atoms with E-state index in [1.165, 1.54) is 23.1 Å². The predicted molar refractivity (Wildman–Crippen MR) is 160 cm³/mol. The SMILES string of the molecule is CCCc1[nH]ncc1-c1nsc(Nc2ccccc2)n1.CCCc1[nH]ncc1-c1nsc(Nc2ccccn2)n1. The van der Waals surface area contributed by atoms with E-state index in [2.05, 4.69) is 68.6 Å². The van der Waals surface area contributed by atoms with Crippen molar-refractivity contribution in [1.82, 2.24) is 44.1 Å². The molecule has 0 unspecified atom stereocenters. The number of pyridine rings is 1. The Kier molecular flexibility index (Phi) is 9.17. The molecule has 6 aromatic rings. The number of hydrogen-bond donors (Lipinski definition) is 4. The second-order valence-electron chi connectivity index (χ2n) is 8.70. The van der Waals surface area contributed by atoms with E-state index >= 15 is 0 Å². The van der Waals surface area contributed by atoms with Crippen molar-refractivity contribution in [2.24, 2.45) is 0 Å². The molecule has 0 aliphatic rings. The van der Waals surface area contributed by atoms with Crippen molar-refractivity contribution in [3.05, 3.63) is 78.5 Å². The van der Waals surface area contributed by atoms with Crippen LogP contribution < -0.4 is 10.6 Å². The molecule has 5 aromatic heterocycles. The number of anilines is 4. The van der Waals surface area contributed by atoms with Gasteiger partial charge < -0.3 is 10.6 Å². The number of nitrogens with zero attached hydrogens (tertiary/aromatic N) is 7.